The van der Waals surface area contributed by atoms with Gasteiger partial charge in [0, 0.05) is 11.5 Å². The van der Waals surface area contributed by atoms with Crippen molar-refractivity contribution in [1.29, 1.82) is 0 Å². The van der Waals surface area contributed by atoms with Gasteiger partial charge in [-0.2, -0.15) is 0 Å². The van der Waals surface area contributed by atoms with E-state index in [1.54, 1.807) is 20.3 Å². The van der Waals surface area contributed by atoms with Gasteiger partial charge >= 0.3 is 5.97 Å². The molecule has 1 aromatic heterocycles. The number of methoxy groups -OCH3 is 2. The van der Waals surface area contributed by atoms with Crippen LogP contribution < -0.4 is 9.47 Å². The van der Waals surface area contributed by atoms with Gasteiger partial charge in [-0.25, -0.2) is 9.78 Å². The Morgan fingerprint density at radius 3 is 2.63 bits per heavy atom. The Morgan fingerprint density at radius 2 is 1.89 bits per heavy atom. The molecule has 138 valence electrons. The van der Waals surface area contributed by atoms with Crippen molar-refractivity contribution in [3.8, 4) is 22.1 Å². The number of hydrogen-bond acceptors (Lipinski definition) is 6. The first-order chi connectivity index (χ1) is 13.2. The Morgan fingerprint density at radius 1 is 1.07 bits per heavy atom. The van der Waals surface area contributed by atoms with E-state index in [0.29, 0.717) is 17.2 Å². The first kappa shape index (κ1) is 18.7. The van der Waals surface area contributed by atoms with Crippen LogP contribution >= 0.6 is 11.3 Å². The van der Waals surface area contributed by atoms with Gasteiger partial charge in [-0.3, -0.25) is 0 Å². The zero-order valence-electron chi connectivity index (χ0n) is 15.0. The van der Waals surface area contributed by atoms with Crippen molar-refractivity contribution in [2.75, 3.05) is 14.2 Å². The van der Waals surface area contributed by atoms with E-state index >= 15 is 0 Å². The molecule has 0 spiro atoms. The summed E-state index contributed by atoms with van der Waals surface area (Å²) in [5, 5.41) is 2.64. The Balaban J connectivity index is 1.65. The van der Waals surface area contributed by atoms with Crippen molar-refractivity contribution < 1.29 is 19.0 Å². The molecule has 0 radical (unpaired) electrons. The molecule has 5 nitrogen and oxygen atoms in total. The first-order valence-electron chi connectivity index (χ1n) is 8.27. The van der Waals surface area contributed by atoms with Crippen molar-refractivity contribution in [3.05, 3.63) is 71.2 Å². The molecule has 27 heavy (non-hydrogen) atoms. The van der Waals surface area contributed by atoms with E-state index in [-0.39, 0.29) is 6.61 Å². The second-order valence-electron chi connectivity index (χ2n) is 5.54. The van der Waals surface area contributed by atoms with Gasteiger partial charge in [0.15, 0.2) is 11.5 Å². The van der Waals surface area contributed by atoms with E-state index < -0.39 is 5.97 Å². The minimum Gasteiger partial charge on any atom is -0.493 e. The molecule has 6 heteroatoms. The van der Waals surface area contributed by atoms with E-state index in [2.05, 4.69) is 4.98 Å². The number of ether oxygens (including phenoxy) is 3. The summed E-state index contributed by atoms with van der Waals surface area (Å²) in [4.78, 5) is 16.4. The quantitative estimate of drug-likeness (QED) is 0.443. The van der Waals surface area contributed by atoms with E-state index in [4.69, 9.17) is 14.2 Å². The number of thiazole rings is 1. The molecule has 0 saturated carbocycles. The van der Waals surface area contributed by atoms with E-state index in [9.17, 15) is 4.79 Å². The highest BCUT2D eigenvalue weighted by molar-refractivity contribution is 7.13. The monoisotopic (exact) mass is 381 g/mol. The van der Waals surface area contributed by atoms with Crippen molar-refractivity contribution in [2.24, 2.45) is 0 Å². The molecule has 0 N–H and O–H groups in total. The summed E-state index contributed by atoms with van der Waals surface area (Å²) in [6.07, 6.45) is 3.13. The third kappa shape index (κ3) is 4.74. The molecule has 0 fully saturated rings. The third-order valence-corrected chi connectivity index (χ3v) is 4.68. The van der Waals surface area contributed by atoms with Gasteiger partial charge in [0.1, 0.15) is 11.6 Å². The lowest BCUT2D eigenvalue weighted by Gasteiger charge is -2.10. The number of benzene rings is 2. The molecule has 0 amide bonds. The van der Waals surface area contributed by atoms with E-state index in [1.165, 1.54) is 17.4 Å². The van der Waals surface area contributed by atoms with Gasteiger partial charge in [0.2, 0.25) is 0 Å². The smallest absolute Gasteiger partial charge is 0.331 e. The Hall–Kier alpha value is -3.12. The normalized spacial score (nSPS) is 10.7. The summed E-state index contributed by atoms with van der Waals surface area (Å²) >= 11 is 1.46. The van der Waals surface area contributed by atoms with Crippen molar-refractivity contribution in [1.82, 2.24) is 4.98 Å². The van der Waals surface area contributed by atoms with Gasteiger partial charge in [0.25, 0.3) is 0 Å². The number of rotatable bonds is 7. The van der Waals surface area contributed by atoms with Crippen LogP contribution in [0.3, 0.4) is 0 Å². The van der Waals surface area contributed by atoms with E-state index in [1.807, 2.05) is 53.9 Å². The van der Waals surface area contributed by atoms with Gasteiger partial charge in [-0.15, -0.1) is 11.3 Å². The van der Waals surface area contributed by atoms with Crippen LogP contribution in [0.4, 0.5) is 0 Å². The van der Waals surface area contributed by atoms with Crippen LogP contribution in [0.5, 0.6) is 11.5 Å². The number of hydrogen-bond donors (Lipinski definition) is 0. The molecule has 0 saturated heterocycles. The van der Waals surface area contributed by atoms with Gasteiger partial charge < -0.3 is 14.2 Å². The molecule has 3 aromatic rings. The van der Waals surface area contributed by atoms with Crippen LogP contribution in [0.2, 0.25) is 0 Å². The lowest BCUT2D eigenvalue weighted by atomic mass is 10.2. The zero-order chi connectivity index (χ0) is 19.1. The van der Waals surface area contributed by atoms with Crippen molar-refractivity contribution in [2.45, 2.75) is 6.61 Å². The molecule has 1 heterocycles. The lowest BCUT2D eigenvalue weighted by Crippen LogP contribution is -2.01. The number of carbonyl (C=O) groups excluding carboxylic acids is 1. The van der Waals surface area contributed by atoms with Crippen LogP contribution in [0.25, 0.3) is 16.6 Å². The Labute approximate surface area is 161 Å². The van der Waals surface area contributed by atoms with Crippen LogP contribution in [-0.2, 0) is 16.1 Å². The van der Waals surface area contributed by atoms with Gasteiger partial charge in [-0.05, 0) is 23.8 Å². The number of nitrogens with zero attached hydrogens (tertiary/aromatic N) is 1. The molecule has 0 aliphatic heterocycles. The highest BCUT2D eigenvalue weighted by Crippen LogP contribution is 2.38. The highest BCUT2D eigenvalue weighted by atomic mass is 32.1. The third-order valence-electron chi connectivity index (χ3n) is 3.76. The number of aromatic nitrogens is 1. The minimum atomic E-state index is -0.410. The Bertz CT molecular complexity index is 934. The Kier molecular flexibility index (Phi) is 6.22. The average Bonchev–Trinajstić information content (AvgIpc) is 3.19. The fraction of sp³-hybridized carbons (Fsp3) is 0.143. The summed E-state index contributed by atoms with van der Waals surface area (Å²) in [5.41, 5.74) is 2.46. The zero-order valence-corrected chi connectivity index (χ0v) is 15.9. The largest absolute Gasteiger partial charge is 0.493 e. The minimum absolute atomic E-state index is 0.112. The summed E-state index contributed by atoms with van der Waals surface area (Å²) in [6, 6.07) is 15.2. The van der Waals surface area contributed by atoms with Gasteiger partial charge in [-0.1, -0.05) is 36.4 Å². The van der Waals surface area contributed by atoms with Crippen LogP contribution in [0.15, 0.2) is 60.0 Å². The molecule has 3 rings (SSSR count). The summed E-state index contributed by atoms with van der Waals surface area (Å²) in [5.74, 6) is 0.861. The average molecular weight is 381 g/mol. The summed E-state index contributed by atoms with van der Waals surface area (Å²) in [7, 11) is 3.19. The predicted molar refractivity (Wildman–Crippen MR) is 106 cm³/mol. The summed E-state index contributed by atoms with van der Waals surface area (Å²) < 4.78 is 16.0. The molecular weight excluding hydrogens is 362 g/mol. The van der Waals surface area contributed by atoms with Crippen LogP contribution in [-0.4, -0.2) is 25.2 Å². The van der Waals surface area contributed by atoms with E-state index in [0.717, 1.165) is 16.1 Å². The van der Waals surface area contributed by atoms with Crippen molar-refractivity contribution >= 4 is 23.4 Å². The maximum Gasteiger partial charge on any atom is 0.331 e. The second-order valence-corrected chi connectivity index (χ2v) is 6.39. The van der Waals surface area contributed by atoms with Gasteiger partial charge in [0.05, 0.1) is 25.5 Å². The molecule has 0 aliphatic carbocycles. The standard InChI is InChI=1S/C21H19NO4S/c1-24-18-10-6-9-17(20(18)25-2)21-22-16(14-27-21)13-26-19(23)12-11-15-7-4-3-5-8-15/h3-12,14H,13H2,1-2H3/b12-11+. The molecule has 2 aromatic carbocycles. The fourth-order valence-electron chi connectivity index (χ4n) is 2.47. The number of esters is 1. The summed E-state index contributed by atoms with van der Waals surface area (Å²) in [6.45, 7) is 0.112. The fourth-order valence-corrected chi connectivity index (χ4v) is 3.30. The number of para-hydroxylation sites is 1. The maximum absolute atomic E-state index is 11.9. The molecule has 0 aliphatic rings. The van der Waals surface area contributed by atoms with Crippen LogP contribution in [0, 0.1) is 0 Å². The SMILES string of the molecule is COc1cccc(-c2nc(COC(=O)/C=C/c3ccccc3)cs2)c1OC. The number of carbonyl (C=O) groups is 1. The van der Waals surface area contributed by atoms with Crippen LogP contribution in [0.1, 0.15) is 11.3 Å². The molecule has 0 atom stereocenters. The topological polar surface area (TPSA) is 57.7 Å². The predicted octanol–water partition coefficient (Wildman–Crippen LogP) is 4.58. The molecular formula is C21H19NO4S. The molecule has 0 unspecified atom stereocenters. The molecule has 0 bridgehead atoms. The maximum atomic E-state index is 11.9. The highest BCUT2D eigenvalue weighted by Gasteiger charge is 2.14. The second kappa shape index (κ2) is 9.00. The van der Waals surface area contributed by atoms with Crippen molar-refractivity contribution in [3.63, 3.8) is 0 Å². The lowest BCUT2D eigenvalue weighted by molar-refractivity contribution is -0.139. The first-order valence-corrected chi connectivity index (χ1v) is 9.15.